The van der Waals surface area contributed by atoms with E-state index in [0.29, 0.717) is 24.1 Å². The lowest BCUT2D eigenvalue weighted by molar-refractivity contribution is 0.0512. The Labute approximate surface area is 215 Å². The van der Waals surface area contributed by atoms with E-state index in [1.165, 1.54) is 44.9 Å². The number of aromatic nitrogens is 1. The highest BCUT2D eigenvalue weighted by Crippen LogP contribution is 2.28. The summed E-state index contributed by atoms with van der Waals surface area (Å²) in [5.41, 5.74) is 2.68. The number of carbonyl (C=O) groups is 2. The number of fused-ring (bicyclic) bond motifs is 1. The van der Waals surface area contributed by atoms with Crippen molar-refractivity contribution in [1.82, 2.24) is 4.57 Å². The number of hydrogen-bond acceptors (Lipinski definition) is 4. The van der Waals surface area contributed by atoms with Gasteiger partial charge in [0, 0.05) is 24.4 Å². The van der Waals surface area contributed by atoms with E-state index in [1.54, 1.807) is 18.5 Å². The number of para-hydroxylation sites is 1. The number of unbranched alkanes of at least 4 members (excludes halogenated alkanes) is 7. The van der Waals surface area contributed by atoms with Crippen molar-refractivity contribution in [1.29, 1.82) is 0 Å². The molecule has 5 heteroatoms. The van der Waals surface area contributed by atoms with E-state index in [9.17, 15) is 9.59 Å². The molecule has 5 nitrogen and oxygen atoms in total. The molecule has 0 fully saturated rings. The first kappa shape index (κ1) is 27.5. The predicted molar refractivity (Wildman–Crippen MR) is 146 cm³/mol. The Hall–Kier alpha value is -3.08. The molecule has 0 saturated carbocycles. The fraction of sp³-hybridized carbons (Fsp3) is 0.484. The summed E-state index contributed by atoms with van der Waals surface area (Å²) in [7, 11) is 1.80. The molecule has 2 aromatic carbocycles. The summed E-state index contributed by atoms with van der Waals surface area (Å²) in [5, 5.41) is 0.788. The number of ketones is 1. The molecular formula is C31H41NO4. The molecule has 0 radical (unpaired) electrons. The fourth-order valence-corrected chi connectivity index (χ4v) is 4.71. The molecule has 0 N–H and O–H groups in total. The van der Waals surface area contributed by atoms with Crippen molar-refractivity contribution in [3.8, 4) is 5.75 Å². The first-order valence-electron chi connectivity index (χ1n) is 13.6. The Morgan fingerprint density at radius 2 is 1.58 bits per heavy atom. The van der Waals surface area contributed by atoms with Crippen molar-refractivity contribution in [3.63, 3.8) is 0 Å². The quantitative estimate of drug-likeness (QED) is 0.117. The van der Waals surface area contributed by atoms with Crippen LogP contribution in [-0.4, -0.2) is 29.5 Å². The zero-order valence-electron chi connectivity index (χ0n) is 22.2. The van der Waals surface area contributed by atoms with E-state index in [1.807, 2.05) is 48.5 Å². The minimum Gasteiger partial charge on any atom is -0.494 e. The average Bonchev–Trinajstić information content (AvgIpc) is 3.19. The van der Waals surface area contributed by atoms with Crippen molar-refractivity contribution in [2.75, 3.05) is 13.2 Å². The zero-order valence-corrected chi connectivity index (χ0v) is 22.2. The van der Waals surface area contributed by atoms with Gasteiger partial charge in [-0.05, 0) is 43.5 Å². The standard InChI is InChI=1S/C31H41NO4/c1-4-6-7-8-9-10-11-14-22-36-25-17-15-16-24(23-25)20-21-28(33)29-26-18-12-13-19-27(26)32(3)30(29)31(34)35-5-2/h12-13,15-19,23H,4-11,14,20-22H2,1-3H3. The van der Waals surface area contributed by atoms with Gasteiger partial charge in [0.15, 0.2) is 5.78 Å². The highest BCUT2D eigenvalue weighted by atomic mass is 16.5. The smallest absolute Gasteiger partial charge is 0.355 e. The monoisotopic (exact) mass is 491 g/mol. The number of esters is 1. The van der Waals surface area contributed by atoms with E-state index in [0.717, 1.165) is 35.2 Å². The Bertz CT molecular complexity index is 1130. The largest absolute Gasteiger partial charge is 0.494 e. The van der Waals surface area contributed by atoms with Crippen LogP contribution in [0.2, 0.25) is 0 Å². The molecule has 0 atom stereocenters. The lowest BCUT2D eigenvalue weighted by Gasteiger charge is -2.09. The summed E-state index contributed by atoms with van der Waals surface area (Å²) < 4.78 is 13.0. The summed E-state index contributed by atoms with van der Waals surface area (Å²) in [5.74, 6) is 0.330. The minimum atomic E-state index is -0.462. The van der Waals surface area contributed by atoms with Crippen LogP contribution in [0.4, 0.5) is 0 Å². The average molecular weight is 492 g/mol. The van der Waals surface area contributed by atoms with Gasteiger partial charge >= 0.3 is 5.97 Å². The van der Waals surface area contributed by atoms with Gasteiger partial charge in [0.2, 0.25) is 0 Å². The van der Waals surface area contributed by atoms with Crippen LogP contribution in [0.25, 0.3) is 10.9 Å². The number of carbonyl (C=O) groups excluding carboxylic acids is 2. The van der Waals surface area contributed by atoms with Gasteiger partial charge in [-0.25, -0.2) is 4.79 Å². The first-order valence-corrected chi connectivity index (χ1v) is 13.6. The van der Waals surface area contributed by atoms with Gasteiger partial charge < -0.3 is 14.0 Å². The molecule has 0 aliphatic carbocycles. The van der Waals surface area contributed by atoms with E-state index in [2.05, 4.69) is 6.92 Å². The number of ether oxygens (including phenoxy) is 2. The molecule has 36 heavy (non-hydrogen) atoms. The number of Topliss-reactive ketones (excluding diaryl/α,β-unsaturated/α-hetero) is 1. The molecule has 0 aliphatic heterocycles. The van der Waals surface area contributed by atoms with E-state index >= 15 is 0 Å². The lowest BCUT2D eigenvalue weighted by atomic mass is 10.00. The molecule has 1 aromatic heterocycles. The summed E-state index contributed by atoms with van der Waals surface area (Å²) in [6.07, 6.45) is 11.1. The molecule has 0 bridgehead atoms. The SMILES string of the molecule is CCCCCCCCCCOc1cccc(CCC(=O)c2c(C(=O)OCC)n(C)c3ccccc23)c1. The van der Waals surface area contributed by atoms with Gasteiger partial charge in [0.25, 0.3) is 0 Å². The zero-order chi connectivity index (χ0) is 25.8. The molecule has 3 aromatic rings. The Morgan fingerprint density at radius 3 is 2.33 bits per heavy atom. The predicted octanol–water partition coefficient (Wildman–Crippen LogP) is 7.69. The van der Waals surface area contributed by atoms with Crippen molar-refractivity contribution in [2.24, 2.45) is 7.05 Å². The molecule has 1 heterocycles. The van der Waals surface area contributed by atoms with E-state index in [4.69, 9.17) is 9.47 Å². The fourth-order valence-electron chi connectivity index (χ4n) is 4.71. The Balaban J connectivity index is 1.56. The number of benzene rings is 2. The summed E-state index contributed by atoms with van der Waals surface area (Å²) in [6, 6.07) is 15.6. The highest BCUT2D eigenvalue weighted by molar-refractivity contribution is 6.15. The third kappa shape index (κ3) is 7.46. The third-order valence-corrected chi connectivity index (χ3v) is 6.66. The van der Waals surface area contributed by atoms with Gasteiger partial charge in [-0.3, -0.25) is 4.79 Å². The van der Waals surface area contributed by atoms with E-state index < -0.39 is 5.97 Å². The van der Waals surface area contributed by atoms with Crippen LogP contribution in [0.1, 0.15) is 98.0 Å². The van der Waals surface area contributed by atoms with Crippen molar-refractivity contribution >= 4 is 22.7 Å². The van der Waals surface area contributed by atoms with Crippen LogP contribution >= 0.6 is 0 Å². The van der Waals surface area contributed by atoms with Crippen molar-refractivity contribution in [3.05, 3.63) is 65.4 Å². The molecule has 0 spiro atoms. The normalized spacial score (nSPS) is 11.1. The van der Waals surface area contributed by atoms with Gasteiger partial charge in [-0.1, -0.05) is 82.2 Å². The lowest BCUT2D eigenvalue weighted by Crippen LogP contribution is -2.15. The maximum atomic E-state index is 13.4. The second-order valence-corrected chi connectivity index (χ2v) is 9.41. The first-order chi connectivity index (χ1) is 17.6. The van der Waals surface area contributed by atoms with Crippen molar-refractivity contribution in [2.45, 2.75) is 78.1 Å². The number of aryl methyl sites for hydroxylation is 2. The number of rotatable bonds is 16. The summed E-state index contributed by atoms with van der Waals surface area (Å²) >= 11 is 0. The van der Waals surface area contributed by atoms with Crippen LogP contribution in [0.3, 0.4) is 0 Å². The number of nitrogens with zero attached hydrogens (tertiary/aromatic N) is 1. The highest BCUT2D eigenvalue weighted by Gasteiger charge is 2.26. The van der Waals surface area contributed by atoms with Gasteiger partial charge in [0.1, 0.15) is 11.4 Å². The molecule has 0 amide bonds. The maximum Gasteiger partial charge on any atom is 0.355 e. The number of hydrogen-bond donors (Lipinski definition) is 0. The molecule has 3 rings (SSSR count). The van der Waals surface area contributed by atoms with Crippen molar-refractivity contribution < 1.29 is 19.1 Å². The van der Waals surface area contributed by atoms with E-state index in [-0.39, 0.29) is 12.4 Å². The van der Waals surface area contributed by atoms with Crippen LogP contribution < -0.4 is 4.74 Å². The second-order valence-electron chi connectivity index (χ2n) is 9.41. The molecular weight excluding hydrogens is 450 g/mol. The molecule has 0 saturated heterocycles. The van der Waals surface area contributed by atoms with Gasteiger partial charge in [0.05, 0.1) is 18.8 Å². The molecule has 194 valence electrons. The Kier molecular flexibility index (Phi) is 11.1. The van der Waals surface area contributed by atoms with Gasteiger partial charge in [-0.2, -0.15) is 0 Å². The summed E-state index contributed by atoms with van der Waals surface area (Å²) in [4.78, 5) is 26.1. The van der Waals surface area contributed by atoms with Crippen LogP contribution in [0, 0.1) is 0 Å². The maximum absolute atomic E-state index is 13.4. The summed E-state index contributed by atoms with van der Waals surface area (Å²) in [6.45, 7) is 5.00. The molecule has 0 aliphatic rings. The minimum absolute atomic E-state index is 0.0555. The van der Waals surface area contributed by atoms with Crippen LogP contribution in [-0.2, 0) is 18.2 Å². The van der Waals surface area contributed by atoms with Gasteiger partial charge in [-0.15, -0.1) is 0 Å². The van der Waals surface area contributed by atoms with Crippen LogP contribution in [0.15, 0.2) is 48.5 Å². The topological polar surface area (TPSA) is 57.5 Å². The van der Waals surface area contributed by atoms with Crippen LogP contribution in [0.5, 0.6) is 5.75 Å². The Morgan fingerprint density at radius 1 is 0.861 bits per heavy atom. The second kappa shape index (κ2) is 14.5. The third-order valence-electron chi connectivity index (χ3n) is 6.66. The molecule has 0 unspecified atom stereocenters.